The first kappa shape index (κ1) is 12.3. The van der Waals surface area contributed by atoms with Crippen LogP contribution in [0.1, 0.15) is 26.2 Å². The number of aromatic nitrogens is 1. The third kappa shape index (κ3) is 3.40. The monoisotopic (exact) mass is 237 g/mol. The van der Waals surface area contributed by atoms with Crippen LogP contribution in [0.15, 0.2) is 18.3 Å². The van der Waals surface area contributed by atoms with Gasteiger partial charge in [-0.2, -0.15) is 0 Å². The Bertz CT molecular complexity index is 331. The van der Waals surface area contributed by atoms with Gasteiger partial charge in [-0.1, -0.05) is 6.92 Å². The highest BCUT2D eigenvalue weighted by Crippen LogP contribution is 2.17. The smallest absolute Gasteiger partial charge is 0.141 e. The van der Waals surface area contributed by atoms with Crippen molar-refractivity contribution in [3.8, 4) is 0 Å². The molecule has 1 N–H and O–H groups in total. The minimum atomic E-state index is -0.270. The molecule has 0 saturated carbocycles. The molecule has 1 saturated heterocycles. The molecule has 17 heavy (non-hydrogen) atoms. The van der Waals surface area contributed by atoms with E-state index in [1.54, 1.807) is 6.07 Å². The van der Waals surface area contributed by atoms with Crippen molar-refractivity contribution in [3.05, 3.63) is 24.1 Å². The molecule has 0 atom stereocenters. The van der Waals surface area contributed by atoms with Crippen LogP contribution in [-0.4, -0.2) is 30.7 Å². The van der Waals surface area contributed by atoms with Crippen molar-refractivity contribution in [2.24, 2.45) is 0 Å². The van der Waals surface area contributed by atoms with Crippen molar-refractivity contribution in [1.82, 2.24) is 10.3 Å². The lowest BCUT2D eigenvalue weighted by molar-refractivity contribution is 0.414. The summed E-state index contributed by atoms with van der Waals surface area (Å²) in [5.41, 5.74) is 0. The fraction of sp³-hybridized carbons (Fsp3) is 0.615. The number of piperidine rings is 1. The molecular formula is C13H20FN3. The van der Waals surface area contributed by atoms with Gasteiger partial charge in [-0.15, -0.1) is 0 Å². The average Bonchev–Trinajstić information content (AvgIpc) is 2.38. The number of nitrogens with one attached hydrogen (secondary N) is 1. The van der Waals surface area contributed by atoms with Crippen molar-refractivity contribution in [3.63, 3.8) is 0 Å². The van der Waals surface area contributed by atoms with Gasteiger partial charge in [0.2, 0.25) is 0 Å². The van der Waals surface area contributed by atoms with E-state index in [1.165, 1.54) is 18.7 Å². The van der Waals surface area contributed by atoms with Crippen molar-refractivity contribution in [2.45, 2.75) is 32.2 Å². The van der Waals surface area contributed by atoms with Crippen LogP contribution in [0, 0.1) is 5.82 Å². The second-order valence-electron chi connectivity index (χ2n) is 4.55. The van der Waals surface area contributed by atoms with E-state index in [9.17, 15) is 4.39 Å². The molecule has 0 spiro atoms. The van der Waals surface area contributed by atoms with E-state index in [0.29, 0.717) is 6.04 Å². The molecule has 1 aromatic heterocycles. The van der Waals surface area contributed by atoms with E-state index in [0.717, 1.165) is 38.3 Å². The second-order valence-corrected chi connectivity index (χ2v) is 4.55. The number of nitrogens with zero attached hydrogens (tertiary/aromatic N) is 2. The molecule has 0 aliphatic carbocycles. The first-order valence-corrected chi connectivity index (χ1v) is 6.39. The summed E-state index contributed by atoms with van der Waals surface area (Å²) in [6.07, 6.45) is 4.74. The topological polar surface area (TPSA) is 28.2 Å². The standard InChI is InChI=1S/C13H20FN3/c1-2-7-15-12-5-8-17(9-6-12)13-4-3-11(14)10-16-13/h3-4,10,12,15H,2,5-9H2,1H3. The lowest BCUT2D eigenvalue weighted by Crippen LogP contribution is -2.43. The van der Waals surface area contributed by atoms with Crippen LogP contribution in [0.3, 0.4) is 0 Å². The molecule has 3 nitrogen and oxygen atoms in total. The number of hydrogen-bond donors (Lipinski definition) is 1. The van der Waals surface area contributed by atoms with E-state index >= 15 is 0 Å². The molecule has 2 rings (SSSR count). The van der Waals surface area contributed by atoms with Gasteiger partial charge in [-0.3, -0.25) is 0 Å². The van der Waals surface area contributed by atoms with Crippen molar-refractivity contribution in [1.29, 1.82) is 0 Å². The zero-order chi connectivity index (χ0) is 12.1. The summed E-state index contributed by atoms with van der Waals surface area (Å²) in [5, 5.41) is 3.55. The first-order chi connectivity index (χ1) is 8.29. The lowest BCUT2D eigenvalue weighted by Gasteiger charge is -2.33. The number of pyridine rings is 1. The minimum absolute atomic E-state index is 0.270. The molecule has 0 amide bonds. The van der Waals surface area contributed by atoms with Gasteiger partial charge in [-0.05, 0) is 37.9 Å². The summed E-state index contributed by atoms with van der Waals surface area (Å²) >= 11 is 0. The maximum Gasteiger partial charge on any atom is 0.141 e. The average molecular weight is 237 g/mol. The summed E-state index contributed by atoms with van der Waals surface area (Å²) in [4.78, 5) is 6.35. The summed E-state index contributed by atoms with van der Waals surface area (Å²) in [7, 11) is 0. The van der Waals surface area contributed by atoms with Gasteiger partial charge in [0.25, 0.3) is 0 Å². The molecule has 0 radical (unpaired) electrons. The Kier molecular flexibility index (Phi) is 4.31. The van der Waals surface area contributed by atoms with E-state index in [1.807, 2.05) is 0 Å². The molecule has 1 aliphatic heterocycles. The third-order valence-electron chi connectivity index (χ3n) is 3.21. The Hall–Kier alpha value is -1.16. The highest BCUT2D eigenvalue weighted by atomic mass is 19.1. The number of anilines is 1. The first-order valence-electron chi connectivity index (χ1n) is 6.39. The number of hydrogen-bond acceptors (Lipinski definition) is 3. The third-order valence-corrected chi connectivity index (χ3v) is 3.21. The Balaban J connectivity index is 1.84. The van der Waals surface area contributed by atoms with Gasteiger partial charge < -0.3 is 10.2 Å². The zero-order valence-corrected chi connectivity index (χ0v) is 10.3. The summed E-state index contributed by atoms with van der Waals surface area (Å²) in [6.45, 7) is 5.28. The second kappa shape index (κ2) is 5.96. The fourth-order valence-corrected chi connectivity index (χ4v) is 2.22. The van der Waals surface area contributed by atoms with Crippen LogP contribution in [0.2, 0.25) is 0 Å². The maximum atomic E-state index is 12.8. The van der Waals surface area contributed by atoms with Crippen LogP contribution < -0.4 is 10.2 Å². The fourth-order valence-electron chi connectivity index (χ4n) is 2.22. The van der Waals surface area contributed by atoms with E-state index in [2.05, 4.69) is 22.1 Å². The van der Waals surface area contributed by atoms with Crippen molar-refractivity contribution in [2.75, 3.05) is 24.5 Å². The molecule has 2 heterocycles. The largest absolute Gasteiger partial charge is 0.357 e. The summed E-state index contributed by atoms with van der Waals surface area (Å²) < 4.78 is 12.8. The van der Waals surface area contributed by atoms with Crippen molar-refractivity contribution >= 4 is 5.82 Å². The number of halogens is 1. The predicted octanol–water partition coefficient (Wildman–Crippen LogP) is 2.19. The molecule has 94 valence electrons. The van der Waals surface area contributed by atoms with Crippen LogP contribution >= 0.6 is 0 Å². The summed E-state index contributed by atoms with van der Waals surface area (Å²) in [5.74, 6) is 0.619. The zero-order valence-electron chi connectivity index (χ0n) is 10.3. The van der Waals surface area contributed by atoms with Gasteiger partial charge in [0.1, 0.15) is 11.6 Å². The van der Waals surface area contributed by atoms with Gasteiger partial charge in [-0.25, -0.2) is 9.37 Å². The van der Waals surface area contributed by atoms with E-state index in [-0.39, 0.29) is 5.82 Å². The number of rotatable bonds is 4. The molecule has 4 heteroatoms. The van der Waals surface area contributed by atoms with Crippen LogP contribution in [0.5, 0.6) is 0 Å². The van der Waals surface area contributed by atoms with Gasteiger partial charge in [0.05, 0.1) is 6.20 Å². The molecule has 1 fully saturated rings. The quantitative estimate of drug-likeness (QED) is 0.870. The lowest BCUT2D eigenvalue weighted by atomic mass is 10.0. The van der Waals surface area contributed by atoms with Gasteiger partial charge >= 0.3 is 0 Å². The highest BCUT2D eigenvalue weighted by molar-refractivity contribution is 5.38. The molecule has 1 aliphatic rings. The SMILES string of the molecule is CCCNC1CCN(c2ccc(F)cn2)CC1. The molecular weight excluding hydrogens is 217 g/mol. The molecule has 0 aromatic carbocycles. The van der Waals surface area contributed by atoms with Crippen LogP contribution in [-0.2, 0) is 0 Å². The summed E-state index contributed by atoms with van der Waals surface area (Å²) in [6, 6.07) is 3.87. The molecule has 0 bridgehead atoms. The van der Waals surface area contributed by atoms with Crippen molar-refractivity contribution < 1.29 is 4.39 Å². The van der Waals surface area contributed by atoms with Crippen LogP contribution in [0.4, 0.5) is 10.2 Å². The molecule has 1 aromatic rings. The Labute approximate surface area is 102 Å². The Morgan fingerprint density at radius 1 is 1.41 bits per heavy atom. The normalized spacial score (nSPS) is 17.4. The molecule has 0 unspecified atom stereocenters. The minimum Gasteiger partial charge on any atom is -0.357 e. The Morgan fingerprint density at radius 2 is 2.18 bits per heavy atom. The predicted molar refractivity (Wildman–Crippen MR) is 67.7 cm³/mol. The maximum absolute atomic E-state index is 12.8. The van der Waals surface area contributed by atoms with Crippen LogP contribution in [0.25, 0.3) is 0 Å². The Morgan fingerprint density at radius 3 is 2.76 bits per heavy atom. The van der Waals surface area contributed by atoms with Gasteiger partial charge in [0, 0.05) is 19.1 Å². The van der Waals surface area contributed by atoms with E-state index < -0.39 is 0 Å². The van der Waals surface area contributed by atoms with E-state index in [4.69, 9.17) is 0 Å². The highest BCUT2D eigenvalue weighted by Gasteiger charge is 2.19. The van der Waals surface area contributed by atoms with Gasteiger partial charge in [0.15, 0.2) is 0 Å².